The molecule has 0 amide bonds. The number of carbonyl (C=O) groups is 1. The number of fused-ring (bicyclic) bond motifs is 1. The van der Waals surface area contributed by atoms with Crippen LogP contribution in [0.25, 0.3) is 11.0 Å². The van der Waals surface area contributed by atoms with Crippen molar-refractivity contribution in [1.29, 1.82) is 0 Å². The van der Waals surface area contributed by atoms with Crippen LogP contribution in [0.15, 0.2) is 24.4 Å². The highest BCUT2D eigenvalue weighted by Crippen LogP contribution is 2.21. The van der Waals surface area contributed by atoms with Crippen molar-refractivity contribution in [3.8, 4) is 5.88 Å². The molecule has 16 heavy (non-hydrogen) atoms. The summed E-state index contributed by atoms with van der Waals surface area (Å²) < 4.78 is 9.67. The number of nitrogens with zero attached hydrogens (tertiary/aromatic N) is 2. The van der Waals surface area contributed by atoms with E-state index in [1.165, 1.54) is 14.2 Å². The molecule has 0 bridgehead atoms. The number of methoxy groups -OCH3 is 2. The summed E-state index contributed by atoms with van der Waals surface area (Å²) in [6.07, 6.45) is 1.63. The van der Waals surface area contributed by atoms with Crippen molar-refractivity contribution in [2.45, 2.75) is 0 Å². The molecule has 0 unspecified atom stereocenters. The Kier molecular flexibility index (Phi) is 2.68. The van der Waals surface area contributed by atoms with Gasteiger partial charge in [0.1, 0.15) is 5.56 Å². The molecule has 82 valence electrons. The fourth-order valence-corrected chi connectivity index (χ4v) is 1.40. The predicted molar refractivity (Wildman–Crippen MR) is 57.4 cm³/mol. The first-order chi connectivity index (χ1) is 7.76. The summed E-state index contributed by atoms with van der Waals surface area (Å²) in [6, 6.07) is 5.25. The molecule has 2 aromatic rings. The van der Waals surface area contributed by atoms with Crippen LogP contribution in [0.4, 0.5) is 0 Å². The monoisotopic (exact) mass is 218 g/mol. The van der Waals surface area contributed by atoms with E-state index in [-0.39, 0.29) is 5.88 Å². The van der Waals surface area contributed by atoms with E-state index < -0.39 is 5.97 Å². The zero-order valence-electron chi connectivity index (χ0n) is 8.93. The zero-order chi connectivity index (χ0) is 11.5. The smallest absolute Gasteiger partial charge is 0.343 e. The second kappa shape index (κ2) is 4.14. The first-order valence-corrected chi connectivity index (χ1v) is 4.64. The molecule has 2 aromatic heterocycles. The number of esters is 1. The van der Waals surface area contributed by atoms with Gasteiger partial charge in [-0.05, 0) is 18.2 Å². The molecule has 0 N–H and O–H groups in total. The molecular formula is C11H10N2O3. The second-order valence-electron chi connectivity index (χ2n) is 3.09. The van der Waals surface area contributed by atoms with Crippen LogP contribution in [-0.2, 0) is 4.74 Å². The number of carbonyl (C=O) groups excluding carboxylic acids is 1. The fraction of sp³-hybridized carbons (Fsp3) is 0.182. The number of aromatic nitrogens is 2. The van der Waals surface area contributed by atoms with Crippen molar-refractivity contribution in [3.63, 3.8) is 0 Å². The number of hydrogen-bond donors (Lipinski definition) is 0. The van der Waals surface area contributed by atoms with Crippen molar-refractivity contribution in [2.24, 2.45) is 0 Å². The summed E-state index contributed by atoms with van der Waals surface area (Å²) in [4.78, 5) is 19.7. The largest absolute Gasteiger partial charge is 0.480 e. The minimum Gasteiger partial charge on any atom is -0.480 e. The molecule has 5 heteroatoms. The Hall–Kier alpha value is -2.17. The Morgan fingerprint density at radius 3 is 2.88 bits per heavy atom. The van der Waals surface area contributed by atoms with Crippen LogP contribution in [0.5, 0.6) is 5.88 Å². The lowest BCUT2D eigenvalue weighted by Crippen LogP contribution is -2.06. The standard InChI is InChI=1S/C11H10N2O3/c1-15-10-8(11(14)16-2)6-7-4-3-5-12-9(7)13-10/h3-6H,1-2H3. The third-order valence-electron chi connectivity index (χ3n) is 2.15. The molecule has 0 atom stereocenters. The van der Waals surface area contributed by atoms with E-state index in [1.807, 2.05) is 6.07 Å². The van der Waals surface area contributed by atoms with Crippen molar-refractivity contribution in [3.05, 3.63) is 30.0 Å². The molecule has 0 saturated heterocycles. The van der Waals surface area contributed by atoms with Crippen LogP contribution < -0.4 is 4.74 Å². The normalized spacial score (nSPS) is 10.1. The first-order valence-electron chi connectivity index (χ1n) is 4.64. The van der Waals surface area contributed by atoms with E-state index >= 15 is 0 Å². The van der Waals surface area contributed by atoms with Crippen LogP contribution in [0, 0.1) is 0 Å². The first kappa shape index (κ1) is 10.4. The van der Waals surface area contributed by atoms with E-state index in [4.69, 9.17) is 4.74 Å². The summed E-state index contributed by atoms with van der Waals surface area (Å²) in [5, 5.41) is 0.767. The van der Waals surface area contributed by atoms with Crippen LogP contribution in [0.1, 0.15) is 10.4 Å². The van der Waals surface area contributed by atoms with E-state index in [1.54, 1.807) is 18.3 Å². The number of hydrogen-bond acceptors (Lipinski definition) is 5. The van der Waals surface area contributed by atoms with Crippen LogP contribution in [0.3, 0.4) is 0 Å². The minimum absolute atomic E-state index is 0.220. The van der Waals surface area contributed by atoms with Gasteiger partial charge in [0.05, 0.1) is 14.2 Å². The molecule has 0 aliphatic heterocycles. The van der Waals surface area contributed by atoms with Gasteiger partial charge in [0.2, 0.25) is 5.88 Å². The van der Waals surface area contributed by atoms with Gasteiger partial charge in [-0.25, -0.2) is 9.78 Å². The van der Waals surface area contributed by atoms with Gasteiger partial charge in [0.15, 0.2) is 5.65 Å². The molecule has 2 rings (SSSR count). The highest BCUT2D eigenvalue weighted by atomic mass is 16.5. The van der Waals surface area contributed by atoms with Crippen LogP contribution in [-0.4, -0.2) is 30.2 Å². The summed E-state index contributed by atoms with van der Waals surface area (Å²) in [5.74, 6) is -0.256. The predicted octanol–water partition coefficient (Wildman–Crippen LogP) is 1.42. The maximum absolute atomic E-state index is 11.5. The van der Waals surface area contributed by atoms with Gasteiger partial charge in [0.25, 0.3) is 0 Å². The highest BCUT2D eigenvalue weighted by molar-refractivity contribution is 5.95. The molecule has 0 spiro atoms. The second-order valence-corrected chi connectivity index (χ2v) is 3.09. The van der Waals surface area contributed by atoms with Crippen molar-refractivity contribution in [2.75, 3.05) is 14.2 Å². The van der Waals surface area contributed by atoms with E-state index in [2.05, 4.69) is 14.7 Å². The summed E-state index contributed by atoms with van der Waals surface area (Å²) in [6.45, 7) is 0. The van der Waals surface area contributed by atoms with E-state index in [0.29, 0.717) is 11.2 Å². The molecule has 2 heterocycles. The van der Waals surface area contributed by atoms with Gasteiger partial charge in [-0.1, -0.05) is 0 Å². The SMILES string of the molecule is COC(=O)c1cc2cccnc2nc1OC. The molecule has 0 aromatic carbocycles. The van der Waals surface area contributed by atoms with Gasteiger partial charge >= 0.3 is 5.97 Å². The molecule has 0 saturated carbocycles. The summed E-state index contributed by atoms with van der Waals surface area (Å²) >= 11 is 0. The van der Waals surface area contributed by atoms with Gasteiger partial charge in [-0.2, -0.15) is 4.98 Å². The third-order valence-corrected chi connectivity index (χ3v) is 2.15. The fourth-order valence-electron chi connectivity index (χ4n) is 1.40. The quantitative estimate of drug-likeness (QED) is 0.713. The minimum atomic E-state index is -0.477. The Morgan fingerprint density at radius 1 is 1.38 bits per heavy atom. The highest BCUT2D eigenvalue weighted by Gasteiger charge is 2.15. The Labute approximate surface area is 92.0 Å². The molecule has 0 radical (unpaired) electrons. The average Bonchev–Trinajstić information content (AvgIpc) is 2.36. The molecular weight excluding hydrogens is 208 g/mol. The maximum Gasteiger partial charge on any atom is 0.343 e. The number of pyridine rings is 2. The molecule has 0 aliphatic rings. The van der Waals surface area contributed by atoms with Gasteiger partial charge < -0.3 is 9.47 Å². The van der Waals surface area contributed by atoms with Gasteiger partial charge in [0, 0.05) is 11.6 Å². The zero-order valence-corrected chi connectivity index (χ0v) is 8.93. The summed E-state index contributed by atoms with van der Waals surface area (Å²) in [7, 11) is 2.76. The Morgan fingerprint density at radius 2 is 2.19 bits per heavy atom. The lowest BCUT2D eigenvalue weighted by molar-refractivity contribution is 0.0596. The van der Waals surface area contributed by atoms with Crippen molar-refractivity contribution >= 4 is 17.0 Å². The number of ether oxygens (including phenoxy) is 2. The molecule has 5 nitrogen and oxygen atoms in total. The van der Waals surface area contributed by atoms with Crippen molar-refractivity contribution in [1.82, 2.24) is 9.97 Å². The third kappa shape index (κ3) is 1.67. The van der Waals surface area contributed by atoms with Crippen LogP contribution in [0.2, 0.25) is 0 Å². The van der Waals surface area contributed by atoms with E-state index in [9.17, 15) is 4.79 Å². The van der Waals surface area contributed by atoms with Gasteiger partial charge in [-0.15, -0.1) is 0 Å². The Bertz CT molecular complexity index is 540. The Balaban J connectivity index is 2.67. The van der Waals surface area contributed by atoms with E-state index in [0.717, 1.165) is 5.39 Å². The van der Waals surface area contributed by atoms with Gasteiger partial charge in [-0.3, -0.25) is 0 Å². The van der Waals surface area contributed by atoms with Crippen LogP contribution >= 0.6 is 0 Å². The number of rotatable bonds is 2. The molecule has 0 fully saturated rings. The lowest BCUT2D eigenvalue weighted by Gasteiger charge is -2.06. The maximum atomic E-state index is 11.5. The van der Waals surface area contributed by atoms with Crippen molar-refractivity contribution < 1.29 is 14.3 Å². The average molecular weight is 218 g/mol. The molecule has 0 aliphatic carbocycles. The summed E-state index contributed by atoms with van der Waals surface area (Å²) in [5.41, 5.74) is 0.831. The lowest BCUT2D eigenvalue weighted by atomic mass is 10.2. The topological polar surface area (TPSA) is 61.3 Å².